The molecule has 2 rings (SSSR count). The van der Waals surface area contributed by atoms with Crippen LogP contribution < -0.4 is 5.32 Å². The lowest BCUT2D eigenvalue weighted by molar-refractivity contribution is 0.385. The Kier molecular flexibility index (Phi) is 2.92. The Morgan fingerprint density at radius 2 is 2.29 bits per heavy atom. The second kappa shape index (κ2) is 4.18. The van der Waals surface area contributed by atoms with Crippen molar-refractivity contribution in [1.82, 2.24) is 5.32 Å². The van der Waals surface area contributed by atoms with Crippen LogP contribution in [-0.2, 0) is 6.42 Å². The van der Waals surface area contributed by atoms with Crippen molar-refractivity contribution in [2.24, 2.45) is 5.92 Å². The average Bonchev–Trinajstić information content (AvgIpc) is 2.90. The van der Waals surface area contributed by atoms with Gasteiger partial charge in [0.1, 0.15) is 11.5 Å². The largest absolute Gasteiger partial charge is 0.464 e. The van der Waals surface area contributed by atoms with Crippen molar-refractivity contribution >= 4 is 0 Å². The maximum atomic E-state index is 5.75. The lowest BCUT2D eigenvalue weighted by Gasteiger charge is -2.12. The van der Waals surface area contributed by atoms with E-state index < -0.39 is 0 Å². The second-order valence-electron chi connectivity index (χ2n) is 4.18. The van der Waals surface area contributed by atoms with Crippen LogP contribution in [0.3, 0.4) is 0 Å². The molecule has 1 aliphatic rings. The van der Waals surface area contributed by atoms with Gasteiger partial charge in [-0.1, -0.05) is 19.8 Å². The van der Waals surface area contributed by atoms with Crippen LogP contribution in [0.4, 0.5) is 0 Å². The van der Waals surface area contributed by atoms with E-state index in [-0.39, 0.29) is 0 Å². The molecule has 0 amide bonds. The average molecular weight is 193 g/mol. The summed E-state index contributed by atoms with van der Waals surface area (Å²) in [4.78, 5) is 0. The van der Waals surface area contributed by atoms with Crippen LogP contribution in [-0.4, -0.2) is 7.05 Å². The molecule has 1 aromatic heterocycles. The Balaban J connectivity index is 2.01. The third-order valence-corrected chi connectivity index (χ3v) is 2.99. The van der Waals surface area contributed by atoms with Gasteiger partial charge in [0.05, 0.1) is 6.04 Å². The smallest absolute Gasteiger partial charge is 0.121 e. The first-order valence-electron chi connectivity index (χ1n) is 5.59. The molecule has 1 N–H and O–H groups in total. The molecule has 0 bridgehead atoms. The summed E-state index contributed by atoms with van der Waals surface area (Å²) >= 11 is 0. The molecule has 1 unspecified atom stereocenters. The molecule has 0 radical (unpaired) electrons. The van der Waals surface area contributed by atoms with Crippen molar-refractivity contribution in [3.63, 3.8) is 0 Å². The summed E-state index contributed by atoms with van der Waals surface area (Å²) < 4.78 is 5.75. The zero-order chi connectivity index (χ0) is 9.97. The minimum Gasteiger partial charge on any atom is -0.464 e. The first kappa shape index (κ1) is 9.78. The number of aryl methyl sites for hydroxylation is 1. The number of furan rings is 1. The molecule has 2 nitrogen and oxygen atoms in total. The molecule has 1 saturated carbocycles. The normalized spacial score (nSPS) is 18.4. The van der Waals surface area contributed by atoms with Crippen molar-refractivity contribution in [3.05, 3.63) is 23.7 Å². The van der Waals surface area contributed by atoms with Gasteiger partial charge in [0, 0.05) is 6.42 Å². The van der Waals surface area contributed by atoms with Gasteiger partial charge in [-0.05, 0) is 31.5 Å². The number of rotatable bonds is 5. The zero-order valence-electron chi connectivity index (χ0n) is 9.05. The first-order chi connectivity index (χ1) is 6.83. The molecule has 0 spiro atoms. The van der Waals surface area contributed by atoms with E-state index in [0.717, 1.165) is 23.9 Å². The highest BCUT2D eigenvalue weighted by molar-refractivity contribution is 5.11. The summed E-state index contributed by atoms with van der Waals surface area (Å²) in [5, 5.41) is 3.33. The molecule has 0 saturated heterocycles. The first-order valence-corrected chi connectivity index (χ1v) is 5.59. The summed E-state index contributed by atoms with van der Waals surface area (Å²) in [5.74, 6) is 3.13. The SMILES string of the molecule is CCc1ccc(C(CC2CC2)NC)o1. The van der Waals surface area contributed by atoms with Gasteiger partial charge < -0.3 is 9.73 Å². The molecule has 1 aliphatic carbocycles. The van der Waals surface area contributed by atoms with E-state index in [2.05, 4.69) is 24.4 Å². The Labute approximate surface area is 85.7 Å². The Bertz CT molecular complexity index is 288. The fourth-order valence-corrected chi connectivity index (χ4v) is 1.83. The van der Waals surface area contributed by atoms with Gasteiger partial charge in [-0.3, -0.25) is 0 Å². The van der Waals surface area contributed by atoms with Crippen molar-refractivity contribution in [2.75, 3.05) is 7.05 Å². The molecule has 1 atom stereocenters. The predicted molar refractivity (Wildman–Crippen MR) is 57.2 cm³/mol. The molecule has 1 aromatic rings. The zero-order valence-corrected chi connectivity index (χ0v) is 9.05. The Hall–Kier alpha value is -0.760. The summed E-state index contributed by atoms with van der Waals surface area (Å²) in [5.41, 5.74) is 0. The van der Waals surface area contributed by atoms with Gasteiger partial charge in [0.25, 0.3) is 0 Å². The van der Waals surface area contributed by atoms with Gasteiger partial charge in [-0.15, -0.1) is 0 Å². The van der Waals surface area contributed by atoms with Gasteiger partial charge in [-0.25, -0.2) is 0 Å². The number of nitrogens with one attached hydrogen (secondary N) is 1. The van der Waals surface area contributed by atoms with Crippen molar-refractivity contribution < 1.29 is 4.42 Å². The highest BCUT2D eigenvalue weighted by atomic mass is 16.3. The van der Waals surface area contributed by atoms with Crippen LogP contribution in [0.15, 0.2) is 16.5 Å². The fraction of sp³-hybridized carbons (Fsp3) is 0.667. The summed E-state index contributed by atoms with van der Waals surface area (Å²) in [6.07, 6.45) is 5.02. The maximum Gasteiger partial charge on any atom is 0.121 e. The minimum absolute atomic E-state index is 0.419. The van der Waals surface area contributed by atoms with Gasteiger partial charge >= 0.3 is 0 Å². The summed E-state index contributed by atoms with van der Waals surface area (Å²) in [6.45, 7) is 2.12. The third-order valence-electron chi connectivity index (χ3n) is 2.99. The molecule has 1 fully saturated rings. The van der Waals surface area contributed by atoms with Crippen molar-refractivity contribution in [2.45, 2.75) is 38.6 Å². The van der Waals surface area contributed by atoms with E-state index in [1.165, 1.54) is 19.3 Å². The molecule has 2 heteroatoms. The van der Waals surface area contributed by atoms with Crippen molar-refractivity contribution in [1.29, 1.82) is 0 Å². The molecule has 0 aromatic carbocycles. The van der Waals surface area contributed by atoms with Gasteiger partial charge in [0.2, 0.25) is 0 Å². The topological polar surface area (TPSA) is 25.2 Å². The Morgan fingerprint density at radius 1 is 1.50 bits per heavy atom. The lowest BCUT2D eigenvalue weighted by atomic mass is 10.1. The molecule has 0 aliphatic heterocycles. The quantitative estimate of drug-likeness (QED) is 0.777. The van der Waals surface area contributed by atoms with E-state index in [9.17, 15) is 0 Å². The molecular formula is C12H19NO. The minimum atomic E-state index is 0.419. The highest BCUT2D eigenvalue weighted by Crippen LogP contribution is 2.37. The van der Waals surface area contributed by atoms with Gasteiger partial charge in [0.15, 0.2) is 0 Å². The second-order valence-corrected chi connectivity index (χ2v) is 4.18. The molecular weight excluding hydrogens is 174 g/mol. The Morgan fingerprint density at radius 3 is 2.79 bits per heavy atom. The highest BCUT2D eigenvalue weighted by Gasteiger charge is 2.26. The van der Waals surface area contributed by atoms with Crippen LogP contribution in [0, 0.1) is 5.92 Å². The van der Waals surface area contributed by atoms with E-state index in [0.29, 0.717) is 6.04 Å². The lowest BCUT2D eigenvalue weighted by Crippen LogP contribution is -2.16. The van der Waals surface area contributed by atoms with Gasteiger partial charge in [-0.2, -0.15) is 0 Å². The van der Waals surface area contributed by atoms with E-state index in [1.807, 2.05) is 7.05 Å². The molecule has 14 heavy (non-hydrogen) atoms. The standard InChI is InChI=1S/C12H19NO/c1-3-10-6-7-12(14-10)11(13-2)8-9-4-5-9/h6-7,9,11,13H,3-5,8H2,1-2H3. The van der Waals surface area contributed by atoms with Crippen molar-refractivity contribution in [3.8, 4) is 0 Å². The van der Waals surface area contributed by atoms with E-state index in [1.54, 1.807) is 0 Å². The van der Waals surface area contributed by atoms with E-state index >= 15 is 0 Å². The monoisotopic (exact) mass is 193 g/mol. The summed E-state index contributed by atoms with van der Waals surface area (Å²) in [7, 11) is 2.02. The van der Waals surface area contributed by atoms with Crippen LogP contribution in [0.25, 0.3) is 0 Å². The molecule has 78 valence electrons. The van der Waals surface area contributed by atoms with Crippen LogP contribution >= 0.6 is 0 Å². The summed E-state index contributed by atoms with van der Waals surface area (Å²) in [6, 6.07) is 4.62. The predicted octanol–water partition coefficient (Wildman–Crippen LogP) is 2.90. The number of hydrogen-bond acceptors (Lipinski definition) is 2. The van der Waals surface area contributed by atoms with Crippen LogP contribution in [0.2, 0.25) is 0 Å². The number of hydrogen-bond donors (Lipinski definition) is 1. The maximum absolute atomic E-state index is 5.75. The third kappa shape index (κ3) is 2.18. The van der Waals surface area contributed by atoms with Crippen LogP contribution in [0.5, 0.6) is 0 Å². The van der Waals surface area contributed by atoms with E-state index in [4.69, 9.17) is 4.42 Å². The fourth-order valence-electron chi connectivity index (χ4n) is 1.83. The van der Waals surface area contributed by atoms with Crippen LogP contribution in [0.1, 0.15) is 43.7 Å². The molecule has 1 heterocycles.